The van der Waals surface area contributed by atoms with Crippen LogP contribution in [0.3, 0.4) is 0 Å². The Balaban J connectivity index is 1.75. The third kappa shape index (κ3) is 4.86. The zero-order chi connectivity index (χ0) is 15.6. The molecule has 2 N–H and O–H groups in total. The molecule has 21 heavy (non-hydrogen) atoms. The lowest BCUT2D eigenvalue weighted by Gasteiger charge is -2.19. The fourth-order valence-electron chi connectivity index (χ4n) is 1.97. The molecule has 1 saturated carbocycles. The van der Waals surface area contributed by atoms with Crippen LogP contribution in [-0.2, 0) is 11.3 Å². The highest BCUT2D eigenvalue weighted by Crippen LogP contribution is 2.24. The molecule has 0 radical (unpaired) electrons. The van der Waals surface area contributed by atoms with Crippen LogP contribution in [0.5, 0.6) is 0 Å². The summed E-state index contributed by atoms with van der Waals surface area (Å²) in [5, 5.41) is 6.09. The maximum atomic E-state index is 13.7. The lowest BCUT2D eigenvalue weighted by atomic mass is 10.2. The van der Waals surface area contributed by atoms with Crippen LogP contribution in [0.15, 0.2) is 18.2 Å². The summed E-state index contributed by atoms with van der Waals surface area (Å²) in [7, 11) is 0. The second kappa shape index (κ2) is 6.20. The van der Waals surface area contributed by atoms with E-state index in [2.05, 4.69) is 10.6 Å². The summed E-state index contributed by atoms with van der Waals surface area (Å²) < 4.78 is 18.9. The van der Waals surface area contributed by atoms with E-state index in [1.165, 1.54) is 6.07 Å². The average molecular weight is 315 g/mol. The van der Waals surface area contributed by atoms with Crippen LogP contribution in [0.1, 0.15) is 32.8 Å². The van der Waals surface area contributed by atoms with Gasteiger partial charge in [-0.05, 0) is 33.3 Å². The van der Waals surface area contributed by atoms with Crippen molar-refractivity contribution < 1.29 is 13.9 Å². The Morgan fingerprint density at radius 3 is 2.81 bits per heavy atom. The predicted molar refractivity (Wildman–Crippen MR) is 79.8 cm³/mol. The van der Waals surface area contributed by atoms with Crippen molar-refractivity contribution in [2.24, 2.45) is 0 Å². The molecule has 0 bridgehead atoms. The molecule has 1 aliphatic carbocycles. The second-order valence-electron chi connectivity index (χ2n) is 6.19. The minimum absolute atomic E-state index is 0.0297. The van der Waals surface area contributed by atoms with E-state index in [-0.39, 0.29) is 17.1 Å². The minimum atomic E-state index is -0.508. The Kier molecular flexibility index (Phi) is 4.74. The molecule has 2 rings (SSSR count). The van der Waals surface area contributed by atoms with Crippen molar-refractivity contribution in [1.82, 2.24) is 10.6 Å². The largest absolute Gasteiger partial charge is 0.444 e. The number of alkyl carbamates (subject to hydrolysis) is 1. The van der Waals surface area contributed by atoms with Crippen molar-refractivity contribution in [3.8, 4) is 0 Å². The van der Waals surface area contributed by atoms with Gasteiger partial charge in [0.2, 0.25) is 0 Å². The van der Waals surface area contributed by atoms with Gasteiger partial charge in [-0.2, -0.15) is 0 Å². The average Bonchev–Trinajstić information content (AvgIpc) is 3.07. The molecule has 2 atom stereocenters. The zero-order valence-corrected chi connectivity index (χ0v) is 13.1. The topological polar surface area (TPSA) is 50.4 Å². The third-order valence-electron chi connectivity index (χ3n) is 3.08. The summed E-state index contributed by atoms with van der Waals surface area (Å²) in [4.78, 5) is 11.6. The van der Waals surface area contributed by atoms with Gasteiger partial charge in [-0.15, -0.1) is 0 Å². The van der Waals surface area contributed by atoms with Crippen LogP contribution in [0.4, 0.5) is 9.18 Å². The van der Waals surface area contributed by atoms with Gasteiger partial charge in [0.25, 0.3) is 0 Å². The number of rotatable bonds is 4. The number of nitrogens with one attached hydrogen (secondary N) is 2. The quantitative estimate of drug-likeness (QED) is 0.897. The van der Waals surface area contributed by atoms with Crippen molar-refractivity contribution in [3.63, 3.8) is 0 Å². The van der Waals surface area contributed by atoms with E-state index in [1.54, 1.807) is 12.1 Å². The van der Waals surface area contributed by atoms with Crippen molar-refractivity contribution in [1.29, 1.82) is 0 Å². The molecule has 0 heterocycles. The standard InChI is InChI=1S/C15H20ClFN2O2/c1-15(2,3)21-14(20)19-12-7-11(12)18-8-9-5-4-6-10(16)13(9)17/h4-6,11-12,18H,7-8H2,1-3H3,(H,19,20). The summed E-state index contributed by atoms with van der Waals surface area (Å²) >= 11 is 5.73. The lowest BCUT2D eigenvalue weighted by molar-refractivity contribution is 0.0522. The van der Waals surface area contributed by atoms with E-state index in [4.69, 9.17) is 16.3 Å². The molecule has 0 saturated heterocycles. The number of halogens is 2. The second-order valence-corrected chi connectivity index (χ2v) is 6.60. The van der Waals surface area contributed by atoms with Gasteiger partial charge in [0.15, 0.2) is 0 Å². The third-order valence-corrected chi connectivity index (χ3v) is 3.37. The number of hydrogen-bond donors (Lipinski definition) is 2. The summed E-state index contributed by atoms with van der Waals surface area (Å²) in [6.45, 7) is 5.83. The molecule has 0 spiro atoms. The molecular weight excluding hydrogens is 295 g/mol. The van der Waals surface area contributed by atoms with Crippen LogP contribution < -0.4 is 10.6 Å². The highest BCUT2D eigenvalue weighted by molar-refractivity contribution is 6.30. The molecule has 1 aliphatic rings. The first-order valence-electron chi connectivity index (χ1n) is 6.92. The fraction of sp³-hybridized carbons (Fsp3) is 0.533. The van der Waals surface area contributed by atoms with Gasteiger partial charge in [0.05, 0.1) is 5.02 Å². The molecule has 116 valence electrons. The molecule has 0 aromatic heterocycles. The molecular formula is C15H20ClFN2O2. The van der Waals surface area contributed by atoms with Crippen LogP contribution in [-0.4, -0.2) is 23.8 Å². The Morgan fingerprint density at radius 1 is 1.43 bits per heavy atom. The molecule has 2 unspecified atom stereocenters. The maximum absolute atomic E-state index is 13.7. The van der Waals surface area contributed by atoms with Gasteiger partial charge in [-0.1, -0.05) is 23.7 Å². The predicted octanol–water partition coefficient (Wildman–Crippen LogP) is 3.23. The summed E-state index contributed by atoms with van der Waals surface area (Å²) in [6, 6.07) is 5.08. The molecule has 0 aliphatic heterocycles. The first kappa shape index (κ1) is 16.0. The molecule has 4 nitrogen and oxygen atoms in total. The van der Waals surface area contributed by atoms with E-state index in [1.807, 2.05) is 20.8 Å². The summed E-state index contributed by atoms with van der Waals surface area (Å²) in [5.41, 5.74) is 0.0108. The van der Waals surface area contributed by atoms with Crippen molar-refractivity contribution >= 4 is 17.7 Å². The minimum Gasteiger partial charge on any atom is -0.444 e. The Hall–Kier alpha value is -1.33. The maximum Gasteiger partial charge on any atom is 0.407 e. The van der Waals surface area contributed by atoms with Crippen LogP contribution in [0.2, 0.25) is 5.02 Å². The number of carbonyl (C=O) groups is 1. The SMILES string of the molecule is CC(C)(C)OC(=O)NC1CC1NCc1cccc(Cl)c1F. The van der Waals surface area contributed by atoms with Crippen molar-refractivity contribution in [3.05, 3.63) is 34.6 Å². The number of hydrogen-bond acceptors (Lipinski definition) is 3. The number of benzene rings is 1. The van der Waals surface area contributed by atoms with E-state index < -0.39 is 17.5 Å². The Morgan fingerprint density at radius 2 is 2.14 bits per heavy atom. The van der Waals surface area contributed by atoms with E-state index in [0.717, 1.165) is 6.42 Å². The van der Waals surface area contributed by atoms with Gasteiger partial charge in [0, 0.05) is 24.2 Å². The molecule has 1 aromatic carbocycles. The smallest absolute Gasteiger partial charge is 0.407 e. The van der Waals surface area contributed by atoms with Crippen LogP contribution >= 0.6 is 11.6 Å². The fourth-order valence-corrected chi connectivity index (χ4v) is 2.16. The van der Waals surface area contributed by atoms with Gasteiger partial charge in [-0.25, -0.2) is 9.18 Å². The van der Waals surface area contributed by atoms with E-state index in [0.29, 0.717) is 12.1 Å². The number of carbonyl (C=O) groups excluding carboxylic acids is 1. The summed E-state index contributed by atoms with van der Waals surface area (Å²) in [5.74, 6) is -0.399. The molecule has 1 amide bonds. The highest BCUT2D eigenvalue weighted by Gasteiger charge is 2.38. The molecule has 1 fully saturated rings. The van der Waals surface area contributed by atoms with E-state index in [9.17, 15) is 9.18 Å². The number of amides is 1. The molecule has 6 heteroatoms. The number of ether oxygens (including phenoxy) is 1. The normalized spacial score (nSPS) is 21.0. The van der Waals surface area contributed by atoms with Crippen molar-refractivity contribution in [2.45, 2.75) is 51.4 Å². The highest BCUT2D eigenvalue weighted by atomic mass is 35.5. The summed E-state index contributed by atoms with van der Waals surface area (Å²) in [6.07, 6.45) is 0.382. The van der Waals surface area contributed by atoms with Gasteiger partial charge >= 0.3 is 6.09 Å². The van der Waals surface area contributed by atoms with Gasteiger partial charge < -0.3 is 15.4 Å². The van der Waals surface area contributed by atoms with E-state index >= 15 is 0 Å². The Bertz CT molecular complexity index is 531. The first-order chi connectivity index (χ1) is 9.76. The van der Waals surface area contributed by atoms with Crippen LogP contribution in [0, 0.1) is 5.82 Å². The zero-order valence-electron chi connectivity index (χ0n) is 12.4. The van der Waals surface area contributed by atoms with Gasteiger partial charge in [0.1, 0.15) is 11.4 Å². The van der Waals surface area contributed by atoms with Crippen molar-refractivity contribution in [2.75, 3.05) is 0 Å². The Labute approximate surface area is 129 Å². The van der Waals surface area contributed by atoms with Crippen LogP contribution in [0.25, 0.3) is 0 Å². The first-order valence-corrected chi connectivity index (χ1v) is 7.30. The monoisotopic (exact) mass is 314 g/mol. The molecule has 1 aromatic rings. The lowest BCUT2D eigenvalue weighted by Crippen LogP contribution is -2.36. The van der Waals surface area contributed by atoms with Gasteiger partial charge in [-0.3, -0.25) is 0 Å².